The lowest BCUT2D eigenvalue weighted by Crippen LogP contribution is -2.41. The highest BCUT2D eigenvalue weighted by molar-refractivity contribution is 7.22. The van der Waals surface area contributed by atoms with E-state index in [9.17, 15) is 9.59 Å². The first-order valence-electron chi connectivity index (χ1n) is 11.0. The molecule has 10 heteroatoms. The molecule has 1 amide bonds. The van der Waals surface area contributed by atoms with E-state index in [-0.39, 0.29) is 18.0 Å². The van der Waals surface area contributed by atoms with Crippen LogP contribution >= 0.6 is 11.3 Å². The van der Waals surface area contributed by atoms with Gasteiger partial charge in [-0.1, -0.05) is 11.3 Å². The average molecular weight is 472 g/mol. The Hall–Kier alpha value is -2.82. The molecule has 33 heavy (non-hydrogen) atoms. The van der Waals surface area contributed by atoms with Gasteiger partial charge < -0.3 is 9.47 Å². The second-order valence-electron chi connectivity index (χ2n) is 8.07. The molecule has 176 valence electrons. The van der Waals surface area contributed by atoms with E-state index in [4.69, 9.17) is 14.5 Å². The molecule has 0 radical (unpaired) electrons. The van der Waals surface area contributed by atoms with Crippen LogP contribution in [0.2, 0.25) is 0 Å². The van der Waals surface area contributed by atoms with Crippen LogP contribution in [0.5, 0.6) is 5.75 Å². The largest absolute Gasteiger partial charge is 0.497 e. The van der Waals surface area contributed by atoms with Gasteiger partial charge in [-0.15, -0.1) is 0 Å². The van der Waals surface area contributed by atoms with Crippen molar-refractivity contribution in [3.63, 3.8) is 0 Å². The van der Waals surface area contributed by atoms with Crippen LogP contribution in [0.3, 0.4) is 0 Å². The number of hydrogen-bond donors (Lipinski definition) is 0. The summed E-state index contributed by atoms with van der Waals surface area (Å²) in [5.41, 5.74) is 1.84. The lowest BCUT2D eigenvalue weighted by Gasteiger charge is -2.27. The number of anilines is 1. The molecule has 9 nitrogen and oxygen atoms in total. The summed E-state index contributed by atoms with van der Waals surface area (Å²) < 4.78 is 13.1. The van der Waals surface area contributed by atoms with Gasteiger partial charge >= 0.3 is 0 Å². The van der Waals surface area contributed by atoms with Crippen molar-refractivity contribution >= 4 is 32.6 Å². The van der Waals surface area contributed by atoms with E-state index in [1.54, 1.807) is 25.9 Å². The van der Waals surface area contributed by atoms with Crippen molar-refractivity contribution in [3.05, 3.63) is 46.1 Å². The maximum absolute atomic E-state index is 13.4. The number of morpholine rings is 1. The van der Waals surface area contributed by atoms with Gasteiger partial charge in [0, 0.05) is 37.4 Å². The highest BCUT2D eigenvalue weighted by Gasteiger charge is 2.22. The van der Waals surface area contributed by atoms with Gasteiger partial charge in [0.05, 0.1) is 36.9 Å². The number of aryl methyl sites for hydroxylation is 1. The Labute approximate surface area is 196 Å². The first-order valence-corrected chi connectivity index (χ1v) is 11.9. The summed E-state index contributed by atoms with van der Waals surface area (Å²) in [7, 11) is 1.62. The number of nitrogens with zero attached hydrogens (tertiary/aromatic N) is 5. The molecule has 0 unspecified atom stereocenters. The standard InChI is InChI=1S/C23H29N5O4S/c1-16-17(2)24-15-27(22(16)30)14-21(29)28(8-4-7-26-9-11-32-12-10-26)23-25-19-6-5-18(31-3)13-20(19)33-23/h5-6,13,15H,4,7-12,14H2,1-3H3. The van der Waals surface area contributed by atoms with Gasteiger partial charge in [-0.3, -0.25) is 24.0 Å². The van der Waals surface area contributed by atoms with Gasteiger partial charge in [0.25, 0.3) is 5.56 Å². The van der Waals surface area contributed by atoms with Gasteiger partial charge in [-0.25, -0.2) is 9.97 Å². The molecule has 1 fully saturated rings. The van der Waals surface area contributed by atoms with Gasteiger partial charge in [0.2, 0.25) is 5.91 Å². The molecule has 1 aromatic carbocycles. The Balaban J connectivity index is 1.57. The Morgan fingerprint density at radius 3 is 2.82 bits per heavy atom. The molecule has 0 spiro atoms. The lowest BCUT2D eigenvalue weighted by molar-refractivity contribution is -0.119. The number of carbonyl (C=O) groups is 1. The number of methoxy groups -OCH3 is 1. The third kappa shape index (κ3) is 5.40. The fraction of sp³-hybridized carbons (Fsp3) is 0.478. The molecule has 1 aliphatic heterocycles. The van der Waals surface area contributed by atoms with E-state index < -0.39 is 0 Å². The maximum Gasteiger partial charge on any atom is 0.256 e. The third-order valence-corrected chi connectivity index (χ3v) is 6.94. The number of carbonyl (C=O) groups excluding carboxylic acids is 1. The summed E-state index contributed by atoms with van der Waals surface area (Å²) in [6.07, 6.45) is 2.24. The monoisotopic (exact) mass is 471 g/mol. The van der Waals surface area contributed by atoms with Crippen molar-refractivity contribution in [1.82, 2.24) is 19.4 Å². The molecule has 0 bridgehead atoms. The Kier molecular flexibility index (Phi) is 7.36. The zero-order chi connectivity index (χ0) is 23.4. The molecule has 2 aromatic heterocycles. The molecular weight excluding hydrogens is 442 g/mol. The quantitative estimate of drug-likeness (QED) is 0.498. The smallest absolute Gasteiger partial charge is 0.256 e. The zero-order valence-electron chi connectivity index (χ0n) is 19.2. The summed E-state index contributed by atoms with van der Waals surface area (Å²) in [5.74, 6) is 0.561. The molecule has 1 saturated heterocycles. The van der Waals surface area contributed by atoms with Gasteiger partial charge in [-0.2, -0.15) is 0 Å². The van der Waals surface area contributed by atoms with Crippen molar-refractivity contribution in [3.8, 4) is 5.75 Å². The predicted molar refractivity (Wildman–Crippen MR) is 128 cm³/mol. The Morgan fingerprint density at radius 1 is 1.27 bits per heavy atom. The molecule has 3 heterocycles. The van der Waals surface area contributed by atoms with Crippen molar-refractivity contribution in [2.24, 2.45) is 0 Å². The Bertz CT molecular complexity index is 1190. The average Bonchev–Trinajstić information content (AvgIpc) is 3.25. The number of ether oxygens (including phenoxy) is 2. The van der Waals surface area contributed by atoms with Crippen LogP contribution in [-0.2, 0) is 16.1 Å². The molecule has 1 aliphatic rings. The number of rotatable bonds is 8. The fourth-order valence-electron chi connectivity index (χ4n) is 3.76. The molecule has 3 aromatic rings. The van der Waals surface area contributed by atoms with Crippen LogP contribution in [0.4, 0.5) is 5.13 Å². The van der Waals surface area contributed by atoms with Crippen LogP contribution in [0, 0.1) is 13.8 Å². The number of thiazole rings is 1. The van der Waals surface area contributed by atoms with Gasteiger partial charge in [-0.05, 0) is 38.5 Å². The first kappa shape index (κ1) is 23.3. The highest BCUT2D eigenvalue weighted by Crippen LogP contribution is 2.31. The van der Waals surface area contributed by atoms with Gasteiger partial charge in [0.1, 0.15) is 12.3 Å². The minimum atomic E-state index is -0.196. The van der Waals surface area contributed by atoms with Gasteiger partial charge in [0.15, 0.2) is 5.13 Å². The minimum Gasteiger partial charge on any atom is -0.497 e. The number of amides is 1. The summed E-state index contributed by atoms with van der Waals surface area (Å²) in [5, 5.41) is 0.620. The van der Waals surface area contributed by atoms with Crippen molar-refractivity contribution < 1.29 is 14.3 Å². The first-order chi connectivity index (χ1) is 16.0. The minimum absolute atomic E-state index is 0.0796. The second kappa shape index (κ2) is 10.4. The molecule has 0 atom stereocenters. The number of aromatic nitrogens is 3. The van der Waals surface area contributed by atoms with E-state index in [1.165, 1.54) is 22.2 Å². The maximum atomic E-state index is 13.4. The number of hydrogen-bond acceptors (Lipinski definition) is 8. The zero-order valence-corrected chi connectivity index (χ0v) is 20.1. The fourth-order valence-corrected chi connectivity index (χ4v) is 4.80. The second-order valence-corrected chi connectivity index (χ2v) is 9.08. The van der Waals surface area contributed by atoms with Crippen molar-refractivity contribution in [1.29, 1.82) is 0 Å². The predicted octanol–water partition coefficient (Wildman–Crippen LogP) is 2.23. The van der Waals surface area contributed by atoms with E-state index in [0.29, 0.717) is 22.9 Å². The SMILES string of the molecule is COc1ccc2nc(N(CCCN3CCOCC3)C(=O)Cn3cnc(C)c(C)c3=O)sc2c1. The van der Waals surface area contributed by atoms with E-state index in [1.807, 2.05) is 18.2 Å². The van der Waals surface area contributed by atoms with Crippen LogP contribution in [0.15, 0.2) is 29.3 Å². The highest BCUT2D eigenvalue weighted by atomic mass is 32.1. The van der Waals surface area contributed by atoms with Crippen LogP contribution < -0.4 is 15.2 Å². The summed E-state index contributed by atoms with van der Waals surface area (Å²) >= 11 is 1.45. The summed E-state index contributed by atoms with van der Waals surface area (Å²) in [6.45, 7) is 8.11. The molecule has 0 saturated carbocycles. The molecule has 0 N–H and O–H groups in total. The molecule has 0 aliphatic carbocycles. The summed E-state index contributed by atoms with van der Waals surface area (Å²) in [6, 6.07) is 5.67. The lowest BCUT2D eigenvalue weighted by atomic mass is 10.2. The van der Waals surface area contributed by atoms with Crippen molar-refractivity contribution in [2.75, 3.05) is 51.4 Å². The molecule has 4 rings (SSSR count). The topological polar surface area (TPSA) is 89.8 Å². The molecular formula is C23H29N5O4S. The van der Waals surface area contributed by atoms with Crippen LogP contribution in [0.25, 0.3) is 10.2 Å². The van der Waals surface area contributed by atoms with Crippen LogP contribution in [-0.4, -0.2) is 71.8 Å². The van der Waals surface area contributed by atoms with Crippen molar-refractivity contribution in [2.45, 2.75) is 26.8 Å². The summed E-state index contributed by atoms with van der Waals surface area (Å²) in [4.78, 5) is 39.0. The third-order valence-electron chi connectivity index (χ3n) is 5.90. The van der Waals surface area contributed by atoms with Crippen LogP contribution in [0.1, 0.15) is 17.7 Å². The Morgan fingerprint density at radius 2 is 2.06 bits per heavy atom. The number of benzene rings is 1. The van der Waals surface area contributed by atoms with E-state index in [0.717, 1.165) is 55.2 Å². The normalized spacial score (nSPS) is 14.5. The number of fused-ring (bicyclic) bond motifs is 1. The van der Waals surface area contributed by atoms with E-state index in [2.05, 4.69) is 9.88 Å². The van der Waals surface area contributed by atoms with E-state index >= 15 is 0 Å².